The maximum Gasteiger partial charge on any atom is 0.269 e. The highest BCUT2D eigenvalue weighted by atomic mass is 79.9. The van der Waals surface area contributed by atoms with Gasteiger partial charge in [-0.3, -0.25) is 4.79 Å². The van der Waals surface area contributed by atoms with Gasteiger partial charge in [0, 0.05) is 22.4 Å². The highest BCUT2D eigenvalue weighted by Gasteiger charge is 2.20. The van der Waals surface area contributed by atoms with Crippen molar-refractivity contribution in [2.45, 2.75) is 13.3 Å². The maximum absolute atomic E-state index is 12.6. The molecule has 0 aliphatic carbocycles. The van der Waals surface area contributed by atoms with E-state index in [9.17, 15) is 4.79 Å². The van der Waals surface area contributed by atoms with Crippen LogP contribution in [0.5, 0.6) is 0 Å². The quantitative estimate of drug-likeness (QED) is 0.851. The van der Waals surface area contributed by atoms with Gasteiger partial charge >= 0.3 is 0 Å². The van der Waals surface area contributed by atoms with E-state index in [2.05, 4.69) is 22.9 Å². The molecule has 0 atom stereocenters. The van der Waals surface area contributed by atoms with Crippen LogP contribution < -0.4 is 10.6 Å². The first kappa shape index (κ1) is 14.1. The van der Waals surface area contributed by atoms with E-state index in [0.717, 1.165) is 21.5 Å². The van der Waals surface area contributed by atoms with E-state index >= 15 is 0 Å². The van der Waals surface area contributed by atoms with Crippen LogP contribution in [0.15, 0.2) is 40.2 Å². The van der Waals surface area contributed by atoms with Gasteiger partial charge in [0.1, 0.15) is 4.88 Å². The van der Waals surface area contributed by atoms with Gasteiger partial charge in [-0.2, -0.15) is 0 Å². The number of thiophene rings is 1. The summed E-state index contributed by atoms with van der Waals surface area (Å²) in [5, 5.41) is 1.91. The Kier molecular flexibility index (Phi) is 4.61. The lowest BCUT2D eigenvalue weighted by molar-refractivity contribution is 0.0990. The predicted octanol–water partition coefficient (Wildman–Crippen LogP) is 4.15. The van der Waals surface area contributed by atoms with Crippen molar-refractivity contribution >= 4 is 44.5 Å². The van der Waals surface area contributed by atoms with Crippen molar-refractivity contribution in [1.29, 1.82) is 0 Å². The van der Waals surface area contributed by atoms with Crippen LogP contribution >= 0.6 is 27.3 Å². The summed E-state index contributed by atoms with van der Waals surface area (Å²) in [5.41, 5.74) is 7.26. The van der Waals surface area contributed by atoms with Gasteiger partial charge in [0.05, 0.1) is 0 Å². The van der Waals surface area contributed by atoms with Crippen molar-refractivity contribution in [1.82, 2.24) is 0 Å². The van der Waals surface area contributed by atoms with E-state index in [1.807, 2.05) is 35.7 Å². The van der Waals surface area contributed by atoms with Crippen LogP contribution in [0.25, 0.3) is 0 Å². The zero-order valence-electron chi connectivity index (χ0n) is 10.6. The molecule has 1 aromatic heterocycles. The molecule has 0 saturated carbocycles. The normalized spacial score (nSPS) is 10.4. The third-order valence-electron chi connectivity index (χ3n) is 2.71. The predicted molar refractivity (Wildman–Crippen MR) is 84.8 cm³/mol. The molecule has 0 aliphatic heterocycles. The van der Waals surface area contributed by atoms with E-state index in [1.54, 1.807) is 4.90 Å². The molecule has 3 nitrogen and oxygen atoms in total. The SMILES string of the molecule is CCCN(C(=O)c1sccc1Br)c1ccc(N)cc1. The molecule has 0 aliphatic rings. The Balaban J connectivity index is 2.32. The molecule has 0 saturated heterocycles. The first-order chi connectivity index (χ1) is 9.13. The zero-order valence-corrected chi connectivity index (χ0v) is 13.0. The van der Waals surface area contributed by atoms with Gasteiger partial charge in [0.25, 0.3) is 5.91 Å². The average molecular weight is 339 g/mol. The van der Waals surface area contributed by atoms with E-state index in [1.165, 1.54) is 11.3 Å². The summed E-state index contributed by atoms with van der Waals surface area (Å²) >= 11 is 4.86. The van der Waals surface area contributed by atoms with Crippen LogP contribution in [0.3, 0.4) is 0 Å². The van der Waals surface area contributed by atoms with Gasteiger partial charge in [-0.15, -0.1) is 11.3 Å². The smallest absolute Gasteiger partial charge is 0.269 e. The van der Waals surface area contributed by atoms with Crippen molar-refractivity contribution in [2.75, 3.05) is 17.2 Å². The van der Waals surface area contributed by atoms with Gasteiger partial charge < -0.3 is 10.6 Å². The second kappa shape index (κ2) is 6.21. The molecule has 2 rings (SSSR count). The van der Waals surface area contributed by atoms with Crippen molar-refractivity contribution < 1.29 is 4.79 Å². The molecular formula is C14H15BrN2OS. The van der Waals surface area contributed by atoms with Gasteiger partial charge in [-0.25, -0.2) is 0 Å². The molecule has 0 bridgehead atoms. The second-order valence-electron chi connectivity index (χ2n) is 4.15. The Morgan fingerprint density at radius 2 is 2.00 bits per heavy atom. The summed E-state index contributed by atoms with van der Waals surface area (Å²) in [6, 6.07) is 9.28. The Bertz CT molecular complexity index is 565. The molecule has 100 valence electrons. The van der Waals surface area contributed by atoms with Gasteiger partial charge in [-0.05, 0) is 58.1 Å². The minimum atomic E-state index is 0.0218. The maximum atomic E-state index is 12.6. The molecule has 0 radical (unpaired) electrons. The monoisotopic (exact) mass is 338 g/mol. The Morgan fingerprint density at radius 1 is 1.32 bits per heavy atom. The van der Waals surface area contributed by atoms with Crippen LogP contribution in [0.1, 0.15) is 23.0 Å². The highest BCUT2D eigenvalue weighted by Crippen LogP contribution is 2.27. The Hall–Kier alpha value is -1.33. The summed E-state index contributed by atoms with van der Waals surface area (Å²) in [5.74, 6) is 0.0218. The number of carbonyl (C=O) groups is 1. The lowest BCUT2D eigenvalue weighted by Gasteiger charge is -2.22. The van der Waals surface area contributed by atoms with Crippen LogP contribution in [-0.4, -0.2) is 12.5 Å². The van der Waals surface area contributed by atoms with E-state index in [4.69, 9.17) is 5.73 Å². The number of nitrogen functional groups attached to an aromatic ring is 1. The standard InChI is InChI=1S/C14H15BrN2OS/c1-2-8-17(11-5-3-10(16)4-6-11)14(18)13-12(15)7-9-19-13/h3-7,9H,2,8,16H2,1H3. The van der Waals surface area contributed by atoms with Crippen LogP contribution in [-0.2, 0) is 0 Å². The fraction of sp³-hybridized carbons (Fsp3) is 0.214. The molecule has 0 unspecified atom stereocenters. The molecule has 19 heavy (non-hydrogen) atoms. The second-order valence-corrected chi connectivity index (χ2v) is 5.92. The summed E-state index contributed by atoms with van der Waals surface area (Å²) in [6.07, 6.45) is 0.902. The Labute approximate surface area is 125 Å². The lowest BCUT2D eigenvalue weighted by atomic mass is 10.2. The molecule has 1 aromatic carbocycles. The average Bonchev–Trinajstić information content (AvgIpc) is 2.83. The number of nitrogens with zero attached hydrogens (tertiary/aromatic N) is 1. The third kappa shape index (κ3) is 3.16. The highest BCUT2D eigenvalue weighted by molar-refractivity contribution is 9.10. The molecule has 1 heterocycles. The fourth-order valence-electron chi connectivity index (χ4n) is 1.79. The Morgan fingerprint density at radius 3 is 2.53 bits per heavy atom. The fourth-order valence-corrected chi connectivity index (χ4v) is 3.28. The third-order valence-corrected chi connectivity index (χ3v) is 4.53. The number of rotatable bonds is 4. The number of anilines is 2. The number of halogens is 1. The van der Waals surface area contributed by atoms with Crippen molar-refractivity contribution in [3.05, 3.63) is 45.1 Å². The minimum absolute atomic E-state index is 0.0218. The molecular weight excluding hydrogens is 324 g/mol. The summed E-state index contributed by atoms with van der Waals surface area (Å²) in [6.45, 7) is 2.74. The van der Waals surface area contributed by atoms with Gasteiger partial charge in [0.15, 0.2) is 0 Å². The number of amides is 1. The number of hydrogen-bond acceptors (Lipinski definition) is 3. The van der Waals surface area contributed by atoms with Crippen LogP contribution in [0.2, 0.25) is 0 Å². The number of benzene rings is 1. The van der Waals surface area contributed by atoms with E-state index < -0.39 is 0 Å². The first-order valence-electron chi connectivity index (χ1n) is 6.04. The molecule has 5 heteroatoms. The number of nitrogens with two attached hydrogens (primary N) is 1. The van der Waals surface area contributed by atoms with Gasteiger partial charge in [0.2, 0.25) is 0 Å². The number of carbonyl (C=O) groups excluding carboxylic acids is 1. The van der Waals surface area contributed by atoms with Crippen molar-refractivity contribution in [3.63, 3.8) is 0 Å². The topological polar surface area (TPSA) is 46.3 Å². The summed E-state index contributed by atoms with van der Waals surface area (Å²) < 4.78 is 0.846. The zero-order chi connectivity index (χ0) is 13.8. The summed E-state index contributed by atoms with van der Waals surface area (Å²) in [4.78, 5) is 15.1. The molecule has 1 amide bonds. The molecule has 2 N–H and O–H groups in total. The molecule has 0 fully saturated rings. The van der Waals surface area contributed by atoms with E-state index in [0.29, 0.717) is 12.2 Å². The molecule has 0 spiro atoms. The lowest BCUT2D eigenvalue weighted by Crippen LogP contribution is -2.31. The number of hydrogen-bond donors (Lipinski definition) is 1. The first-order valence-corrected chi connectivity index (χ1v) is 7.71. The largest absolute Gasteiger partial charge is 0.399 e. The summed E-state index contributed by atoms with van der Waals surface area (Å²) in [7, 11) is 0. The van der Waals surface area contributed by atoms with Crippen LogP contribution in [0.4, 0.5) is 11.4 Å². The van der Waals surface area contributed by atoms with Crippen molar-refractivity contribution in [3.8, 4) is 0 Å². The van der Waals surface area contributed by atoms with Crippen molar-refractivity contribution in [2.24, 2.45) is 0 Å². The van der Waals surface area contributed by atoms with Crippen LogP contribution in [0, 0.1) is 0 Å². The van der Waals surface area contributed by atoms with Gasteiger partial charge in [-0.1, -0.05) is 6.92 Å². The minimum Gasteiger partial charge on any atom is -0.399 e. The van der Waals surface area contributed by atoms with E-state index in [-0.39, 0.29) is 5.91 Å². The molecule has 2 aromatic rings.